The van der Waals surface area contributed by atoms with Crippen molar-refractivity contribution >= 4 is 40.2 Å². The lowest BCUT2D eigenvalue weighted by atomic mass is 9.99. The van der Waals surface area contributed by atoms with Gasteiger partial charge in [-0.2, -0.15) is 15.2 Å². The number of likely N-dealkylation sites (tertiary alicyclic amines) is 1. The van der Waals surface area contributed by atoms with Crippen molar-refractivity contribution in [3.8, 4) is 12.1 Å². The Balaban J connectivity index is 0.000000305. The van der Waals surface area contributed by atoms with Crippen molar-refractivity contribution in [1.82, 2.24) is 19.8 Å². The summed E-state index contributed by atoms with van der Waals surface area (Å²) in [6.45, 7) is 12.1. The van der Waals surface area contributed by atoms with Gasteiger partial charge in [-0.15, -0.1) is 11.6 Å². The zero-order valence-electron chi connectivity index (χ0n) is 27.5. The number of aryl methyl sites for hydroxylation is 1. The molecule has 0 atom stereocenters. The van der Waals surface area contributed by atoms with Crippen molar-refractivity contribution in [2.75, 3.05) is 82.7 Å². The summed E-state index contributed by atoms with van der Waals surface area (Å²) in [7, 11) is 6.01. The van der Waals surface area contributed by atoms with E-state index in [1.807, 2.05) is 0 Å². The van der Waals surface area contributed by atoms with Gasteiger partial charge < -0.3 is 24.3 Å². The maximum absolute atomic E-state index is 9.42. The Bertz CT molecular complexity index is 1420. The highest BCUT2D eigenvalue weighted by atomic mass is 35.5. The number of halogens is 1. The lowest BCUT2D eigenvalue weighted by Gasteiger charge is -2.37. The average molecular weight is 634 g/mol. The Labute approximate surface area is 274 Å². The zero-order valence-corrected chi connectivity index (χ0v) is 28.3. The van der Waals surface area contributed by atoms with Crippen LogP contribution in [-0.4, -0.2) is 99.0 Å². The first kappa shape index (κ1) is 35.8. The third-order valence-corrected chi connectivity index (χ3v) is 8.25. The molecule has 2 fully saturated rings. The Morgan fingerprint density at radius 3 is 2.16 bits per heavy atom. The fraction of sp³-hybridized carbons (Fsp3) is 0.486. The summed E-state index contributed by atoms with van der Waals surface area (Å²) < 4.78 is 5.49. The quantitative estimate of drug-likeness (QED) is 0.206. The molecular formula is C35H48ClN7O2. The van der Waals surface area contributed by atoms with E-state index < -0.39 is 0 Å². The van der Waals surface area contributed by atoms with E-state index in [2.05, 4.69) is 77.0 Å². The Kier molecular flexibility index (Phi) is 15.1. The number of piperazine rings is 1. The number of fused-ring (bicyclic) bond motifs is 2. The zero-order chi connectivity index (χ0) is 32.6. The van der Waals surface area contributed by atoms with Gasteiger partial charge >= 0.3 is 6.01 Å². The Morgan fingerprint density at radius 1 is 0.956 bits per heavy atom. The highest BCUT2D eigenvalue weighted by molar-refractivity contribution is 6.19. The lowest BCUT2D eigenvalue weighted by molar-refractivity contribution is -0.104. The number of anilines is 2. The normalized spacial score (nSPS) is 16.4. The molecule has 3 aliphatic heterocycles. The van der Waals surface area contributed by atoms with Gasteiger partial charge in [-0.3, -0.25) is 4.79 Å². The molecule has 9 nitrogen and oxygen atoms in total. The number of ether oxygens (including phenoxy) is 1. The summed E-state index contributed by atoms with van der Waals surface area (Å²) in [5.41, 5.74) is 4.98. The van der Waals surface area contributed by atoms with E-state index in [1.165, 1.54) is 66.5 Å². The summed E-state index contributed by atoms with van der Waals surface area (Å²) in [5.74, 6) is 1.48. The first-order valence-corrected chi connectivity index (χ1v) is 16.2. The number of nitriles is 1. The number of alkyl halides is 1. The smallest absolute Gasteiger partial charge is 0.318 e. The first-order chi connectivity index (χ1) is 21.9. The molecule has 3 aliphatic rings. The molecule has 0 amide bonds. The number of methoxy groups -OCH3 is 1. The third-order valence-electron chi connectivity index (χ3n) is 8.07. The molecule has 0 aliphatic carbocycles. The minimum Gasteiger partial charge on any atom is -0.467 e. The van der Waals surface area contributed by atoms with E-state index in [0.29, 0.717) is 18.2 Å². The van der Waals surface area contributed by atoms with E-state index in [4.69, 9.17) is 31.6 Å². The number of aromatic nitrogens is 2. The van der Waals surface area contributed by atoms with Crippen LogP contribution in [0, 0.1) is 18.3 Å². The molecule has 4 heterocycles. The molecule has 2 saturated heterocycles. The molecule has 0 radical (unpaired) electrons. The second-order valence-corrected chi connectivity index (χ2v) is 11.6. The lowest BCUT2D eigenvalue weighted by Crippen LogP contribution is -2.45. The Hall–Kier alpha value is -3.71. The van der Waals surface area contributed by atoms with Crippen LogP contribution in [0.1, 0.15) is 36.6 Å². The van der Waals surface area contributed by atoms with E-state index >= 15 is 0 Å². The molecule has 45 heavy (non-hydrogen) atoms. The van der Waals surface area contributed by atoms with Crippen molar-refractivity contribution in [3.05, 3.63) is 65.4 Å². The number of nitrogens with zero attached hydrogens (tertiary/aromatic N) is 7. The van der Waals surface area contributed by atoms with Crippen molar-refractivity contribution in [1.29, 1.82) is 5.26 Å². The van der Waals surface area contributed by atoms with Gasteiger partial charge in [0.15, 0.2) is 0 Å². The number of carbonyl (C=O) groups excluding carboxylic acids is 1. The van der Waals surface area contributed by atoms with Crippen LogP contribution in [0.3, 0.4) is 0 Å². The van der Waals surface area contributed by atoms with Crippen molar-refractivity contribution in [2.45, 2.75) is 39.7 Å². The van der Waals surface area contributed by atoms with Crippen LogP contribution in [0.2, 0.25) is 0 Å². The second-order valence-electron chi connectivity index (χ2n) is 11.3. The molecule has 6 rings (SSSR count). The fourth-order valence-electron chi connectivity index (χ4n) is 5.72. The standard InChI is InChI=1S/C24H29N5O.C5H11N.C4H5ClO.C2H3N/c1-17-6-4-7-18-8-5-9-21(22(17)18)29-11-10-19-20(16-29)25-24(30-3)26-23(19)28-14-12-27(2)13-15-28;1-6-4-2-3-5-6;5-3-1-2-4-6;1-2-3/h4-9H,10-16H2,1-3H3;2-5H2,1H3;1-2,4H,3H2;1H3/b;;2-1+;. The molecule has 0 bridgehead atoms. The van der Waals surface area contributed by atoms with Gasteiger partial charge in [0.25, 0.3) is 0 Å². The molecule has 0 N–H and O–H groups in total. The number of benzene rings is 2. The molecule has 10 heteroatoms. The largest absolute Gasteiger partial charge is 0.467 e. The van der Waals surface area contributed by atoms with E-state index in [1.54, 1.807) is 19.3 Å². The number of aldehydes is 1. The third kappa shape index (κ3) is 10.4. The molecule has 3 aromatic rings. The average Bonchev–Trinajstić information content (AvgIpc) is 3.55. The highest BCUT2D eigenvalue weighted by Gasteiger charge is 2.27. The predicted octanol–water partition coefficient (Wildman–Crippen LogP) is 5.48. The van der Waals surface area contributed by atoms with Gasteiger partial charge in [-0.25, -0.2) is 0 Å². The number of hydrogen-bond donors (Lipinski definition) is 0. The minimum atomic E-state index is 0.415. The fourth-order valence-corrected chi connectivity index (χ4v) is 5.82. The molecule has 1 aromatic heterocycles. The van der Waals surface area contributed by atoms with Gasteiger partial charge in [-0.1, -0.05) is 36.4 Å². The molecule has 0 unspecified atom stereocenters. The van der Waals surface area contributed by atoms with Crippen LogP contribution in [0.5, 0.6) is 6.01 Å². The molecule has 0 spiro atoms. The summed E-state index contributed by atoms with van der Waals surface area (Å²) in [4.78, 5) is 28.5. The SMILES string of the molecule is CC#N.CN1CCCC1.COc1nc2c(c(N3CCN(C)CC3)n1)CCN(c1cccc3cccc(C)c13)C2.O=C/C=C/CCl. The Morgan fingerprint density at radius 2 is 1.60 bits per heavy atom. The monoisotopic (exact) mass is 633 g/mol. The van der Waals surface area contributed by atoms with Crippen LogP contribution in [0.4, 0.5) is 11.5 Å². The maximum Gasteiger partial charge on any atom is 0.318 e. The summed E-state index contributed by atoms with van der Waals surface area (Å²) in [6, 6.07) is 15.3. The van der Waals surface area contributed by atoms with Crippen LogP contribution in [-0.2, 0) is 17.8 Å². The van der Waals surface area contributed by atoms with Crippen molar-refractivity contribution in [3.63, 3.8) is 0 Å². The summed E-state index contributed by atoms with van der Waals surface area (Å²) in [6.07, 6.45) is 7.42. The van der Waals surface area contributed by atoms with E-state index in [9.17, 15) is 4.79 Å². The van der Waals surface area contributed by atoms with Gasteiger partial charge in [0.05, 0.1) is 25.4 Å². The van der Waals surface area contributed by atoms with Crippen LogP contribution in [0.25, 0.3) is 10.8 Å². The molecule has 2 aromatic carbocycles. The second kappa shape index (κ2) is 18.9. The van der Waals surface area contributed by atoms with Crippen molar-refractivity contribution in [2.24, 2.45) is 0 Å². The molecule has 242 valence electrons. The summed E-state index contributed by atoms with van der Waals surface area (Å²) in [5, 5.41) is 9.94. The summed E-state index contributed by atoms with van der Waals surface area (Å²) >= 11 is 5.13. The van der Waals surface area contributed by atoms with Crippen LogP contribution >= 0.6 is 11.6 Å². The topological polar surface area (TPSA) is 88.8 Å². The van der Waals surface area contributed by atoms with Gasteiger partial charge in [-0.05, 0) is 76.5 Å². The highest BCUT2D eigenvalue weighted by Crippen LogP contribution is 2.35. The molecular weight excluding hydrogens is 586 g/mol. The van der Waals surface area contributed by atoms with Gasteiger partial charge in [0.1, 0.15) is 12.1 Å². The van der Waals surface area contributed by atoms with Gasteiger partial charge in [0.2, 0.25) is 0 Å². The number of hydrogen-bond acceptors (Lipinski definition) is 9. The van der Waals surface area contributed by atoms with Crippen LogP contribution < -0.4 is 14.5 Å². The molecule has 0 saturated carbocycles. The first-order valence-electron chi connectivity index (χ1n) is 15.6. The number of rotatable bonds is 5. The predicted molar refractivity (Wildman–Crippen MR) is 186 cm³/mol. The number of carbonyl (C=O) groups is 1. The van der Waals surface area contributed by atoms with Crippen LogP contribution in [0.15, 0.2) is 48.6 Å². The minimum absolute atomic E-state index is 0.415. The number of likely N-dealkylation sites (N-methyl/N-ethyl adjacent to an activating group) is 1. The maximum atomic E-state index is 9.42. The van der Waals surface area contributed by atoms with E-state index in [0.717, 1.165) is 57.2 Å². The number of allylic oxidation sites excluding steroid dienone is 2. The van der Waals surface area contributed by atoms with Gasteiger partial charge in [0, 0.05) is 62.2 Å². The van der Waals surface area contributed by atoms with Crippen molar-refractivity contribution < 1.29 is 9.53 Å². The van der Waals surface area contributed by atoms with E-state index in [-0.39, 0.29) is 0 Å².